The van der Waals surface area contributed by atoms with Gasteiger partial charge in [-0.25, -0.2) is 9.67 Å². The van der Waals surface area contributed by atoms with Crippen molar-refractivity contribution in [2.45, 2.75) is 13.3 Å². The van der Waals surface area contributed by atoms with Crippen LogP contribution in [0.2, 0.25) is 5.02 Å². The molecule has 0 bridgehead atoms. The van der Waals surface area contributed by atoms with Gasteiger partial charge in [0.1, 0.15) is 0 Å². The average Bonchev–Trinajstić information content (AvgIpc) is 3.21. The summed E-state index contributed by atoms with van der Waals surface area (Å²) in [6, 6.07) is 24.6. The number of carbonyl (C=O) groups is 1. The molecular weight excluding hydrogens is 384 g/mol. The van der Waals surface area contributed by atoms with Crippen LogP contribution in [-0.4, -0.2) is 20.7 Å². The Balaban J connectivity index is 1.70. The smallest absolute Gasteiger partial charge is 0.295 e. The molecule has 4 aromatic rings. The highest BCUT2D eigenvalue weighted by Crippen LogP contribution is 2.23. The predicted octanol–water partition coefficient (Wildman–Crippen LogP) is 5.40. The van der Waals surface area contributed by atoms with Crippen LogP contribution in [0.4, 0.5) is 5.69 Å². The maximum atomic E-state index is 12.8. The number of hydrogen-bond acceptors (Lipinski definition) is 3. The summed E-state index contributed by atoms with van der Waals surface area (Å²) >= 11 is 6.02. The molecule has 1 heterocycles. The fourth-order valence-corrected chi connectivity index (χ4v) is 3.08. The van der Waals surface area contributed by atoms with Crippen molar-refractivity contribution < 1.29 is 4.79 Å². The molecule has 6 heteroatoms. The molecule has 0 aliphatic heterocycles. The number of para-hydroxylation sites is 1. The number of aryl methyl sites for hydroxylation is 1. The Kier molecular flexibility index (Phi) is 5.40. The first-order valence-electron chi connectivity index (χ1n) is 9.33. The van der Waals surface area contributed by atoms with Crippen LogP contribution in [0.25, 0.3) is 17.1 Å². The number of halogens is 1. The molecule has 5 nitrogen and oxygen atoms in total. The van der Waals surface area contributed by atoms with Gasteiger partial charge in [-0.2, -0.15) is 0 Å². The number of hydrogen-bond donors (Lipinski definition) is 1. The standard InChI is InChI=1S/C23H19ClN4O/c1-2-16-8-14-19(15-9-16)25-23(29)21-26-22(17-10-12-18(24)13-11-17)28(27-21)20-6-4-3-5-7-20/h3-15H,2H2,1H3,(H,25,29). The largest absolute Gasteiger partial charge is 0.319 e. The lowest BCUT2D eigenvalue weighted by atomic mass is 10.1. The van der Waals surface area contributed by atoms with Crippen LogP contribution in [0.3, 0.4) is 0 Å². The number of aromatic nitrogens is 3. The van der Waals surface area contributed by atoms with Gasteiger partial charge in [0.25, 0.3) is 5.91 Å². The van der Waals surface area contributed by atoms with Crippen molar-refractivity contribution >= 4 is 23.2 Å². The Morgan fingerprint density at radius 3 is 2.31 bits per heavy atom. The molecule has 1 aromatic heterocycles. The molecule has 0 unspecified atom stereocenters. The number of carbonyl (C=O) groups excluding carboxylic acids is 1. The highest BCUT2D eigenvalue weighted by molar-refractivity contribution is 6.30. The van der Waals surface area contributed by atoms with Crippen LogP contribution >= 0.6 is 11.6 Å². The molecule has 4 rings (SSSR count). The van der Waals surface area contributed by atoms with Gasteiger partial charge in [0.05, 0.1) is 5.69 Å². The van der Waals surface area contributed by atoms with Crippen molar-refractivity contribution in [1.29, 1.82) is 0 Å². The molecule has 144 valence electrons. The second-order valence-corrected chi connectivity index (χ2v) is 6.95. The Morgan fingerprint density at radius 2 is 1.66 bits per heavy atom. The van der Waals surface area contributed by atoms with E-state index in [1.807, 2.05) is 66.7 Å². The number of amides is 1. The Labute approximate surface area is 174 Å². The van der Waals surface area contributed by atoms with E-state index in [2.05, 4.69) is 22.3 Å². The number of nitrogens with one attached hydrogen (secondary N) is 1. The van der Waals surface area contributed by atoms with Gasteiger partial charge in [0.15, 0.2) is 5.82 Å². The lowest BCUT2D eigenvalue weighted by Gasteiger charge is -2.05. The fraction of sp³-hybridized carbons (Fsp3) is 0.0870. The van der Waals surface area contributed by atoms with Crippen LogP contribution in [0, 0.1) is 0 Å². The van der Waals surface area contributed by atoms with E-state index >= 15 is 0 Å². The second-order valence-electron chi connectivity index (χ2n) is 6.52. The van der Waals surface area contributed by atoms with E-state index in [4.69, 9.17) is 11.6 Å². The highest BCUT2D eigenvalue weighted by atomic mass is 35.5. The highest BCUT2D eigenvalue weighted by Gasteiger charge is 2.19. The number of anilines is 1. The molecule has 0 saturated heterocycles. The van der Waals surface area contributed by atoms with Gasteiger partial charge in [0.2, 0.25) is 5.82 Å². The van der Waals surface area contributed by atoms with Gasteiger partial charge in [-0.3, -0.25) is 4.79 Å². The van der Waals surface area contributed by atoms with Crippen molar-refractivity contribution in [3.05, 3.63) is 95.3 Å². The minimum atomic E-state index is -0.362. The van der Waals surface area contributed by atoms with Crippen LogP contribution < -0.4 is 5.32 Å². The van der Waals surface area contributed by atoms with E-state index in [0.717, 1.165) is 17.7 Å². The van der Waals surface area contributed by atoms with E-state index in [9.17, 15) is 4.79 Å². The van der Waals surface area contributed by atoms with Gasteiger partial charge in [-0.1, -0.05) is 48.9 Å². The molecule has 0 spiro atoms. The molecule has 0 atom stereocenters. The Hall–Kier alpha value is -3.44. The molecule has 0 aliphatic carbocycles. The van der Waals surface area contributed by atoms with E-state index in [0.29, 0.717) is 16.5 Å². The monoisotopic (exact) mass is 402 g/mol. The van der Waals surface area contributed by atoms with E-state index in [-0.39, 0.29) is 11.7 Å². The van der Waals surface area contributed by atoms with Crippen LogP contribution in [-0.2, 0) is 6.42 Å². The van der Waals surface area contributed by atoms with Crippen molar-refractivity contribution in [2.24, 2.45) is 0 Å². The summed E-state index contributed by atoms with van der Waals surface area (Å²) in [5, 5.41) is 7.97. The molecule has 0 radical (unpaired) electrons. The third-order valence-corrected chi connectivity index (χ3v) is 4.79. The van der Waals surface area contributed by atoms with Gasteiger partial charge in [0, 0.05) is 16.3 Å². The molecule has 1 amide bonds. The quantitative estimate of drug-likeness (QED) is 0.486. The van der Waals surface area contributed by atoms with Crippen LogP contribution in [0.1, 0.15) is 23.1 Å². The summed E-state index contributed by atoms with van der Waals surface area (Å²) in [6.45, 7) is 2.09. The summed E-state index contributed by atoms with van der Waals surface area (Å²) in [6.07, 6.45) is 0.946. The van der Waals surface area contributed by atoms with Crippen LogP contribution in [0.15, 0.2) is 78.9 Å². The molecule has 0 saturated carbocycles. The number of benzene rings is 3. The van der Waals surface area contributed by atoms with E-state index in [1.54, 1.807) is 16.8 Å². The molecule has 0 fully saturated rings. The van der Waals surface area contributed by atoms with E-state index < -0.39 is 0 Å². The summed E-state index contributed by atoms with van der Waals surface area (Å²) in [7, 11) is 0. The Morgan fingerprint density at radius 1 is 0.966 bits per heavy atom. The minimum absolute atomic E-state index is 0.0957. The molecule has 3 aromatic carbocycles. The van der Waals surface area contributed by atoms with Crippen molar-refractivity contribution in [3.63, 3.8) is 0 Å². The second kappa shape index (κ2) is 8.29. The van der Waals surface area contributed by atoms with Gasteiger partial charge >= 0.3 is 0 Å². The van der Waals surface area contributed by atoms with Gasteiger partial charge in [-0.05, 0) is 60.5 Å². The third kappa shape index (κ3) is 4.20. The SMILES string of the molecule is CCc1ccc(NC(=O)c2nc(-c3ccc(Cl)cc3)n(-c3ccccc3)n2)cc1. The molecular formula is C23H19ClN4O. The van der Waals surface area contributed by atoms with Gasteiger partial charge < -0.3 is 5.32 Å². The summed E-state index contributed by atoms with van der Waals surface area (Å²) < 4.78 is 1.67. The zero-order valence-corrected chi connectivity index (χ0v) is 16.6. The topological polar surface area (TPSA) is 59.8 Å². The van der Waals surface area contributed by atoms with Crippen molar-refractivity contribution in [1.82, 2.24) is 14.8 Å². The lowest BCUT2D eigenvalue weighted by Crippen LogP contribution is -2.14. The van der Waals surface area contributed by atoms with Gasteiger partial charge in [-0.15, -0.1) is 5.10 Å². The van der Waals surface area contributed by atoms with Crippen molar-refractivity contribution in [3.8, 4) is 17.1 Å². The third-order valence-electron chi connectivity index (χ3n) is 4.53. The first-order chi connectivity index (χ1) is 14.1. The minimum Gasteiger partial charge on any atom is -0.319 e. The maximum Gasteiger partial charge on any atom is 0.295 e. The average molecular weight is 403 g/mol. The number of nitrogens with zero attached hydrogens (tertiary/aromatic N) is 3. The normalized spacial score (nSPS) is 10.7. The zero-order valence-electron chi connectivity index (χ0n) is 15.8. The first-order valence-corrected chi connectivity index (χ1v) is 9.70. The summed E-state index contributed by atoms with van der Waals surface area (Å²) in [5.41, 5.74) is 3.55. The fourth-order valence-electron chi connectivity index (χ4n) is 2.95. The summed E-state index contributed by atoms with van der Waals surface area (Å²) in [4.78, 5) is 17.3. The van der Waals surface area contributed by atoms with Crippen molar-refractivity contribution in [2.75, 3.05) is 5.32 Å². The van der Waals surface area contributed by atoms with Crippen LogP contribution in [0.5, 0.6) is 0 Å². The molecule has 0 aliphatic rings. The lowest BCUT2D eigenvalue weighted by molar-refractivity contribution is 0.101. The zero-order chi connectivity index (χ0) is 20.2. The Bertz CT molecular complexity index is 1120. The number of rotatable bonds is 5. The molecule has 1 N–H and O–H groups in total. The first kappa shape index (κ1) is 18.9. The van der Waals surface area contributed by atoms with E-state index in [1.165, 1.54) is 5.56 Å². The molecule has 29 heavy (non-hydrogen) atoms. The predicted molar refractivity (Wildman–Crippen MR) is 116 cm³/mol. The maximum absolute atomic E-state index is 12.8. The summed E-state index contributed by atoms with van der Waals surface area (Å²) in [5.74, 6) is 0.303.